The number of H-pyrrole nitrogens is 2. The molecule has 0 bridgehead atoms. The maximum Gasteiger partial charge on any atom is 0.407 e. The first-order valence-corrected chi connectivity index (χ1v) is 18.5. The molecule has 5 aromatic rings. The molecule has 55 heavy (non-hydrogen) atoms. The summed E-state index contributed by atoms with van der Waals surface area (Å²) < 4.78 is 15.6. The predicted octanol–water partition coefficient (Wildman–Crippen LogP) is 6.02. The number of aromatic nitrogens is 4. The van der Waals surface area contributed by atoms with Crippen molar-refractivity contribution in [1.29, 1.82) is 0 Å². The van der Waals surface area contributed by atoms with Crippen LogP contribution in [-0.4, -0.2) is 93.1 Å². The second-order valence-corrected chi connectivity index (χ2v) is 13.6. The van der Waals surface area contributed by atoms with Crippen molar-refractivity contribution in [3.8, 4) is 28.1 Å². The number of fused-ring (bicyclic) bond motifs is 6. The van der Waals surface area contributed by atoms with Crippen LogP contribution in [-0.2, 0) is 38.8 Å². The van der Waals surface area contributed by atoms with Gasteiger partial charge in [0.05, 0.1) is 50.2 Å². The van der Waals surface area contributed by atoms with E-state index in [-0.39, 0.29) is 50.1 Å². The van der Waals surface area contributed by atoms with Gasteiger partial charge in [-0.25, -0.2) is 19.6 Å². The highest BCUT2D eigenvalue weighted by molar-refractivity contribution is 6.07. The van der Waals surface area contributed by atoms with Gasteiger partial charge in [0.1, 0.15) is 37.1 Å². The third kappa shape index (κ3) is 8.35. The number of benzene rings is 3. The van der Waals surface area contributed by atoms with Gasteiger partial charge >= 0.3 is 12.2 Å². The summed E-state index contributed by atoms with van der Waals surface area (Å²) in [6.07, 6.45) is 2.72. The van der Waals surface area contributed by atoms with Gasteiger partial charge in [-0.2, -0.15) is 0 Å². The molecular weight excluding hydrogens is 704 g/mol. The zero-order valence-corrected chi connectivity index (χ0v) is 32.1. The van der Waals surface area contributed by atoms with E-state index >= 15 is 0 Å². The van der Waals surface area contributed by atoms with Crippen LogP contribution >= 0.6 is 0 Å². The maximum absolute atomic E-state index is 13.1. The average Bonchev–Trinajstić information content (AvgIpc) is 3.86. The van der Waals surface area contributed by atoms with Gasteiger partial charge in [0.15, 0.2) is 0 Å². The number of hydrogen-bond donors (Lipinski definition) is 4. The van der Waals surface area contributed by atoms with Crippen LogP contribution < -0.4 is 15.4 Å². The molecule has 0 unspecified atom stereocenters. The van der Waals surface area contributed by atoms with Gasteiger partial charge in [0, 0.05) is 23.0 Å². The molecule has 0 saturated heterocycles. The molecule has 3 aromatic carbocycles. The molecule has 0 aliphatic carbocycles. The molecule has 1 aliphatic heterocycles. The summed E-state index contributed by atoms with van der Waals surface area (Å²) in [5.74, 6) is 1.59. The fraction of sp³-hybridized carbons (Fsp3) is 0.400. The average molecular weight is 753 g/mol. The van der Waals surface area contributed by atoms with Gasteiger partial charge in [-0.3, -0.25) is 9.59 Å². The molecule has 4 N–H and O–H groups in total. The number of imidazole rings is 2. The van der Waals surface area contributed by atoms with Gasteiger partial charge in [0.2, 0.25) is 11.8 Å². The Kier molecular flexibility index (Phi) is 11.9. The van der Waals surface area contributed by atoms with Crippen molar-refractivity contribution in [2.24, 2.45) is 0 Å². The highest BCUT2D eigenvalue weighted by Crippen LogP contribution is 2.42. The second-order valence-electron chi connectivity index (χ2n) is 13.6. The molecule has 3 heterocycles. The smallest absolute Gasteiger partial charge is 0.407 e. The number of ether oxygens (including phenoxy) is 3. The van der Waals surface area contributed by atoms with Crippen molar-refractivity contribution in [3.63, 3.8) is 0 Å². The van der Waals surface area contributed by atoms with E-state index in [0.717, 1.165) is 74.8 Å². The number of aromatic amines is 2. The van der Waals surface area contributed by atoms with Crippen molar-refractivity contribution >= 4 is 45.8 Å². The van der Waals surface area contributed by atoms with E-state index in [1.807, 2.05) is 52.0 Å². The number of carbonyl (C=O) groups is 4. The first-order chi connectivity index (χ1) is 26.6. The summed E-state index contributed by atoms with van der Waals surface area (Å²) in [5, 5.41) is 6.89. The van der Waals surface area contributed by atoms with Crippen LogP contribution in [0.4, 0.5) is 9.59 Å². The quantitative estimate of drug-likeness (QED) is 0.105. The normalized spacial score (nSPS) is 12.4. The Bertz CT molecular complexity index is 2210. The van der Waals surface area contributed by atoms with Gasteiger partial charge in [-0.1, -0.05) is 39.0 Å². The lowest BCUT2D eigenvalue weighted by molar-refractivity contribution is -0.134. The SMILES string of the molecule is CCC(CC)N(Cc1ncc(-c2ccc3c(c2)COc2cc4c(ccc5[nH]c(CN(C(=O)CNC(=O)OC)[C@@H](C)CC)nc54)cc2-3)[nH]1)C(=O)CNC(=O)OC. The largest absolute Gasteiger partial charge is 0.488 e. The molecular formula is C40H48N8O7. The topological polar surface area (TPSA) is 184 Å². The number of nitrogens with zero attached hydrogens (tertiary/aromatic N) is 4. The molecule has 0 spiro atoms. The zero-order valence-electron chi connectivity index (χ0n) is 32.1. The third-order valence-electron chi connectivity index (χ3n) is 10.3. The van der Waals surface area contributed by atoms with E-state index in [0.29, 0.717) is 18.3 Å². The van der Waals surface area contributed by atoms with Crippen molar-refractivity contribution in [2.45, 2.75) is 78.7 Å². The molecule has 0 radical (unpaired) electrons. The standard InChI is InChI=1S/C40H48N8O7/c1-7-23(4)47(36(49)18-42-39(51)53-5)21-35-44-31-13-11-24-15-30-28-12-10-25(14-26(28)22-55-33(30)16-29(24)38(31)46-35)32-17-41-34(45-32)20-48(27(8-2)9-3)37(50)19-43-40(52)54-6/h10-17,23,27H,7-9,18-22H2,1-6H3,(H,41,45)(H,42,51)(H,43,52)(H,44,46)/t23-/m0/s1. The summed E-state index contributed by atoms with van der Waals surface area (Å²) in [7, 11) is 2.52. The second kappa shape index (κ2) is 16.9. The van der Waals surface area contributed by atoms with Crippen LogP contribution in [0.1, 0.15) is 64.2 Å². The summed E-state index contributed by atoms with van der Waals surface area (Å²) in [6.45, 7) is 8.60. The number of carbonyl (C=O) groups excluding carboxylic acids is 4. The minimum Gasteiger partial charge on any atom is -0.488 e. The molecule has 2 aromatic heterocycles. The molecule has 0 saturated carbocycles. The van der Waals surface area contributed by atoms with Gasteiger partial charge in [-0.05, 0) is 72.5 Å². The molecule has 1 aliphatic rings. The highest BCUT2D eigenvalue weighted by Gasteiger charge is 2.25. The van der Waals surface area contributed by atoms with E-state index in [1.54, 1.807) is 16.0 Å². The number of methoxy groups -OCH3 is 2. The van der Waals surface area contributed by atoms with Crippen LogP contribution in [0.15, 0.2) is 48.7 Å². The highest BCUT2D eigenvalue weighted by atomic mass is 16.5. The van der Waals surface area contributed by atoms with Gasteiger partial charge in [-0.15, -0.1) is 0 Å². The summed E-state index contributed by atoms with van der Waals surface area (Å²) in [5.41, 5.74) is 6.46. The summed E-state index contributed by atoms with van der Waals surface area (Å²) >= 11 is 0. The number of alkyl carbamates (subject to hydrolysis) is 2. The Morgan fingerprint density at radius 2 is 1.53 bits per heavy atom. The summed E-state index contributed by atoms with van der Waals surface area (Å²) in [6, 6.07) is 14.3. The lowest BCUT2D eigenvalue weighted by Gasteiger charge is -2.30. The van der Waals surface area contributed by atoms with Gasteiger partial charge in [0.25, 0.3) is 0 Å². The molecule has 1 atom stereocenters. The Morgan fingerprint density at radius 3 is 2.20 bits per heavy atom. The Labute approximate surface area is 319 Å². The molecule has 290 valence electrons. The van der Waals surface area contributed by atoms with Crippen LogP contribution in [0.25, 0.3) is 44.2 Å². The first kappa shape index (κ1) is 38.6. The number of rotatable bonds is 14. The van der Waals surface area contributed by atoms with Crippen molar-refractivity contribution in [2.75, 3.05) is 27.3 Å². The van der Waals surface area contributed by atoms with Crippen molar-refractivity contribution in [1.82, 2.24) is 40.4 Å². The zero-order chi connectivity index (χ0) is 39.2. The fourth-order valence-electron chi connectivity index (χ4n) is 7.00. The van der Waals surface area contributed by atoms with Crippen molar-refractivity contribution < 1.29 is 33.4 Å². The minimum absolute atomic E-state index is 0.0116. The lowest BCUT2D eigenvalue weighted by Crippen LogP contribution is -2.45. The van der Waals surface area contributed by atoms with E-state index < -0.39 is 12.2 Å². The third-order valence-corrected chi connectivity index (χ3v) is 10.3. The number of nitrogens with one attached hydrogen (secondary N) is 4. The number of amides is 4. The first-order valence-electron chi connectivity index (χ1n) is 18.5. The van der Waals surface area contributed by atoms with Crippen LogP contribution in [0.2, 0.25) is 0 Å². The molecule has 15 heteroatoms. The Hall–Kier alpha value is -6.12. The van der Waals surface area contributed by atoms with E-state index in [9.17, 15) is 19.2 Å². The van der Waals surface area contributed by atoms with Crippen molar-refractivity contribution in [3.05, 3.63) is 65.9 Å². The van der Waals surface area contributed by atoms with Crippen LogP contribution in [0.3, 0.4) is 0 Å². The molecule has 4 amide bonds. The fourth-order valence-corrected chi connectivity index (χ4v) is 7.00. The van der Waals surface area contributed by atoms with E-state index in [4.69, 9.17) is 9.72 Å². The monoisotopic (exact) mass is 752 g/mol. The Balaban J connectivity index is 1.22. The number of hydrogen-bond acceptors (Lipinski definition) is 9. The molecule has 0 fully saturated rings. The maximum atomic E-state index is 13.1. The predicted molar refractivity (Wildman–Crippen MR) is 207 cm³/mol. The Morgan fingerprint density at radius 1 is 0.836 bits per heavy atom. The minimum atomic E-state index is -0.660. The van der Waals surface area contributed by atoms with E-state index in [2.05, 4.69) is 53.3 Å². The van der Waals surface area contributed by atoms with Crippen LogP contribution in [0, 0.1) is 0 Å². The molecule has 15 nitrogen and oxygen atoms in total. The lowest BCUT2D eigenvalue weighted by atomic mass is 9.92. The molecule has 6 rings (SSSR count). The van der Waals surface area contributed by atoms with Gasteiger partial charge < -0.3 is 44.6 Å². The van der Waals surface area contributed by atoms with E-state index in [1.165, 1.54) is 14.2 Å². The summed E-state index contributed by atoms with van der Waals surface area (Å²) in [4.78, 5) is 69.1. The van der Waals surface area contributed by atoms with Crippen LogP contribution in [0.5, 0.6) is 5.75 Å².